The number of benzene rings is 2. The summed E-state index contributed by atoms with van der Waals surface area (Å²) in [5, 5.41) is 4.24. The third kappa shape index (κ3) is 3.68. The van der Waals surface area contributed by atoms with Gasteiger partial charge < -0.3 is 10.2 Å². The predicted molar refractivity (Wildman–Crippen MR) is 102 cm³/mol. The van der Waals surface area contributed by atoms with Crippen molar-refractivity contribution in [3.05, 3.63) is 57.6 Å². The fourth-order valence-electron chi connectivity index (χ4n) is 2.98. The number of piperidine rings is 1. The van der Waals surface area contributed by atoms with E-state index in [1.54, 1.807) is 12.1 Å². The van der Waals surface area contributed by atoms with Gasteiger partial charge in [0.2, 0.25) is 0 Å². The molecule has 1 heterocycles. The maximum atomic E-state index is 12.6. The van der Waals surface area contributed by atoms with Crippen LogP contribution >= 0.6 is 23.2 Å². The Morgan fingerprint density at radius 2 is 1.79 bits per heavy atom. The first-order chi connectivity index (χ1) is 11.6. The lowest BCUT2D eigenvalue weighted by Crippen LogP contribution is -2.30. The predicted octanol–water partition coefficient (Wildman–Crippen LogP) is 5.54. The number of amides is 1. The summed E-state index contributed by atoms with van der Waals surface area (Å²) in [7, 11) is 0. The summed E-state index contributed by atoms with van der Waals surface area (Å²) in [6, 6.07) is 10.9. The molecular weight excluding hydrogens is 343 g/mol. The van der Waals surface area contributed by atoms with Crippen LogP contribution in [-0.2, 0) is 0 Å². The van der Waals surface area contributed by atoms with Gasteiger partial charge in [0.05, 0.1) is 16.4 Å². The lowest BCUT2D eigenvalue weighted by molar-refractivity contribution is 0.102. The zero-order chi connectivity index (χ0) is 17.1. The van der Waals surface area contributed by atoms with Crippen molar-refractivity contribution in [1.29, 1.82) is 0 Å². The van der Waals surface area contributed by atoms with Crippen molar-refractivity contribution in [3.8, 4) is 0 Å². The molecule has 0 spiro atoms. The molecule has 0 radical (unpaired) electrons. The molecule has 1 N–H and O–H groups in total. The topological polar surface area (TPSA) is 32.3 Å². The van der Waals surface area contributed by atoms with Crippen molar-refractivity contribution in [3.63, 3.8) is 0 Å². The van der Waals surface area contributed by atoms with Crippen molar-refractivity contribution >= 4 is 40.5 Å². The summed E-state index contributed by atoms with van der Waals surface area (Å²) in [6.45, 7) is 3.83. The molecule has 3 nitrogen and oxygen atoms in total. The lowest BCUT2D eigenvalue weighted by atomic mass is 10.1. The van der Waals surface area contributed by atoms with Gasteiger partial charge in [-0.1, -0.05) is 35.3 Å². The highest BCUT2D eigenvalue weighted by molar-refractivity contribution is 6.34. The van der Waals surface area contributed by atoms with Gasteiger partial charge in [0, 0.05) is 23.7 Å². The van der Waals surface area contributed by atoms with Crippen molar-refractivity contribution in [1.82, 2.24) is 0 Å². The van der Waals surface area contributed by atoms with Gasteiger partial charge in [-0.05, 0) is 56.0 Å². The molecule has 126 valence electrons. The van der Waals surface area contributed by atoms with Gasteiger partial charge in [-0.15, -0.1) is 0 Å². The number of halogens is 2. The van der Waals surface area contributed by atoms with Gasteiger partial charge in [0.1, 0.15) is 0 Å². The number of nitrogens with one attached hydrogen (secondary N) is 1. The van der Waals surface area contributed by atoms with Gasteiger partial charge in [0.15, 0.2) is 0 Å². The molecule has 0 atom stereocenters. The van der Waals surface area contributed by atoms with Gasteiger partial charge in [0.25, 0.3) is 5.91 Å². The van der Waals surface area contributed by atoms with Crippen LogP contribution < -0.4 is 10.2 Å². The summed E-state index contributed by atoms with van der Waals surface area (Å²) >= 11 is 12.6. The van der Waals surface area contributed by atoms with Crippen LogP contribution in [0.1, 0.15) is 35.2 Å². The highest BCUT2D eigenvalue weighted by Gasteiger charge is 2.19. The summed E-state index contributed by atoms with van der Waals surface area (Å²) in [6.07, 6.45) is 3.53. The Balaban J connectivity index is 1.87. The minimum absolute atomic E-state index is 0.183. The number of para-hydroxylation sites is 1. The smallest absolute Gasteiger partial charge is 0.255 e. The largest absolute Gasteiger partial charge is 0.369 e. The van der Waals surface area contributed by atoms with E-state index in [1.165, 1.54) is 6.42 Å². The Bertz CT molecular complexity index is 755. The van der Waals surface area contributed by atoms with Gasteiger partial charge >= 0.3 is 0 Å². The Morgan fingerprint density at radius 3 is 2.50 bits per heavy atom. The number of aryl methyl sites for hydroxylation is 1. The molecule has 5 heteroatoms. The van der Waals surface area contributed by atoms with E-state index in [0.717, 1.165) is 42.9 Å². The first-order valence-corrected chi connectivity index (χ1v) is 8.93. The van der Waals surface area contributed by atoms with E-state index >= 15 is 0 Å². The van der Waals surface area contributed by atoms with E-state index in [2.05, 4.69) is 10.2 Å². The molecule has 0 saturated carbocycles. The molecule has 0 aliphatic carbocycles. The third-order valence-corrected chi connectivity index (χ3v) is 5.05. The third-order valence-electron chi connectivity index (χ3n) is 4.34. The highest BCUT2D eigenvalue weighted by Crippen LogP contribution is 2.35. The maximum Gasteiger partial charge on any atom is 0.255 e. The summed E-state index contributed by atoms with van der Waals surface area (Å²) < 4.78 is 0. The zero-order valence-electron chi connectivity index (χ0n) is 13.6. The minimum Gasteiger partial charge on any atom is -0.369 e. The van der Waals surface area contributed by atoms with E-state index in [4.69, 9.17) is 23.2 Å². The van der Waals surface area contributed by atoms with E-state index in [9.17, 15) is 4.79 Å². The van der Waals surface area contributed by atoms with Crippen molar-refractivity contribution < 1.29 is 4.79 Å². The fraction of sp³-hybridized carbons (Fsp3) is 0.316. The van der Waals surface area contributed by atoms with Crippen LogP contribution in [0.4, 0.5) is 11.4 Å². The molecule has 3 rings (SSSR count). The molecule has 1 fully saturated rings. The summed E-state index contributed by atoms with van der Waals surface area (Å²) in [4.78, 5) is 14.8. The Kier molecular flexibility index (Phi) is 5.32. The molecule has 2 aromatic carbocycles. The Hall–Kier alpha value is -1.71. The molecule has 2 aromatic rings. The van der Waals surface area contributed by atoms with Crippen LogP contribution in [0.15, 0.2) is 36.4 Å². The number of nitrogens with zero attached hydrogens (tertiary/aromatic N) is 1. The average molecular weight is 363 g/mol. The summed E-state index contributed by atoms with van der Waals surface area (Å²) in [5.74, 6) is -0.183. The quantitative estimate of drug-likeness (QED) is 0.776. The number of rotatable bonds is 3. The molecule has 1 aliphatic heterocycles. The highest BCUT2D eigenvalue weighted by atomic mass is 35.5. The maximum absolute atomic E-state index is 12.6. The van der Waals surface area contributed by atoms with E-state index in [-0.39, 0.29) is 5.91 Å². The monoisotopic (exact) mass is 362 g/mol. The van der Waals surface area contributed by atoms with Crippen LogP contribution in [0.2, 0.25) is 10.0 Å². The van der Waals surface area contributed by atoms with E-state index < -0.39 is 0 Å². The standard InChI is InChI=1S/C19H20Cl2N2O/c1-13-8-9-14(12-16(13)21)19(24)22-17-7-5-6-15(20)18(17)23-10-3-2-4-11-23/h5-9,12H,2-4,10-11H2,1H3,(H,22,24). The SMILES string of the molecule is Cc1ccc(C(=O)Nc2cccc(Cl)c2N2CCCCC2)cc1Cl. The van der Waals surface area contributed by atoms with Crippen LogP contribution in [0.25, 0.3) is 0 Å². The summed E-state index contributed by atoms with van der Waals surface area (Å²) in [5.41, 5.74) is 3.14. The first-order valence-electron chi connectivity index (χ1n) is 8.17. The Morgan fingerprint density at radius 1 is 1.04 bits per heavy atom. The first kappa shape index (κ1) is 17.1. The second-order valence-corrected chi connectivity index (χ2v) is 6.92. The second kappa shape index (κ2) is 7.45. The lowest BCUT2D eigenvalue weighted by Gasteiger charge is -2.31. The van der Waals surface area contributed by atoms with E-state index in [1.807, 2.05) is 31.2 Å². The Labute approximate surface area is 152 Å². The van der Waals surface area contributed by atoms with Gasteiger partial charge in [-0.25, -0.2) is 0 Å². The molecule has 24 heavy (non-hydrogen) atoms. The minimum atomic E-state index is -0.183. The van der Waals surface area contributed by atoms with Gasteiger partial charge in [-0.3, -0.25) is 4.79 Å². The van der Waals surface area contributed by atoms with Crippen LogP contribution in [0.5, 0.6) is 0 Å². The molecule has 1 aliphatic rings. The van der Waals surface area contributed by atoms with Gasteiger partial charge in [-0.2, -0.15) is 0 Å². The van der Waals surface area contributed by atoms with Crippen molar-refractivity contribution in [2.75, 3.05) is 23.3 Å². The number of hydrogen-bond donors (Lipinski definition) is 1. The van der Waals surface area contributed by atoms with Crippen LogP contribution in [0.3, 0.4) is 0 Å². The number of anilines is 2. The number of hydrogen-bond acceptors (Lipinski definition) is 2. The van der Waals surface area contributed by atoms with Crippen molar-refractivity contribution in [2.45, 2.75) is 26.2 Å². The van der Waals surface area contributed by atoms with Crippen LogP contribution in [0, 0.1) is 6.92 Å². The second-order valence-electron chi connectivity index (χ2n) is 6.10. The number of carbonyl (C=O) groups excluding carboxylic acids is 1. The molecular formula is C19H20Cl2N2O. The van der Waals surface area contributed by atoms with E-state index in [0.29, 0.717) is 15.6 Å². The molecule has 0 aromatic heterocycles. The van der Waals surface area contributed by atoms with Crippen molar-refractivity contribution in [2.24, 2.45) is 0 Å². The number of carbonyl (C=O) groups is 1. The zero-order valence-corrected chi connectivity index (χ0v) is 15.1. The average Bonchev–Trinajstić information content (AvgIpc) is 2.58. The normalized spacial score (nSPS) is 14.5. The molecule has 1 amide bonds. The molecule has 0 bridgehead atoms. The van der Waals surface area contributed by atoms with Crippen LogP contribution in [-0.4, -0.2) is 19.0 Å². The molecule has 1 saturated heterocycles. The molecule has 0 unspecified atom stereocenters. The fourth-order valence-corrected chi connectivity index (χ4v) is 3.46.